The standard InChI is InChI=1S/C7H13NO.C5H8/c1-3-8(2)7(9)6-4-5-6;1-3-5-4-2/h6H,3-5H2,1-2H3;3H2,1-2H3. The summed E-state index contributed by atoms with van der Waals surface area (Å²) in [5.74, 6) is 6.34. The summed E-state index contributed by atoms with van der Waals surface area (Å²) in [5.41, 5.74) is 0. The highest BCUT2D eigenvalue weighted by Crippen LogP contribution is 2.30. The van der Waals surface area contributed by atoms with E-state index >= 15 is 0 Å². The van der Waals surface area contributed by atoms with Crippen LogP contribution in [-0.4, -0.2) is 24.4 Å². The number of carbonyl (C=O) groups excluding carboxylic acids is 1. The average Bonchev–Trinajstić information content (AvgIpc) is 3.01. The first-order chi connectivity index (χ1) is 6.67. The van der Waals surface area contributed by atoms with Gasteiger partial charge in [-0.1, -0.05) is 6.92 Å². The molecule has 1 aliphatic carbocycles. The van der Waals surface area contributed by atoms with E-state index in [-0.39, 0.29) is 0 Å². The Labute approximate surface area is 87.7 Å². The van der Waals surface area contributed by atoms with Gasteiger partial charge in [0.25, 0.3) is 0 Å². The molecule has 0 radical (unpaired) electrons. The van der Waals surface area contributed by atoms with Crippen molar-refractivity contribution >= 4 is 5.91 Å². The van der Waals surface area contributed by atoms with E-state index in [1.807, 2.05) is 27.8 Å². The molecule has 0 spiro atoms. The number of carbonyl (C=O) groups is 1. The molecule has 0 aromatic heterocycles. The molecule has 1 fully saturated rings. The maximum atomic E-state index is 11.1. The van der Waals surface area contributed by atoms with Crippen molar-refractivity contribution in [1.29, 1.82) is 0 Å². The molecule has 1 amide bonds. The summed E-state index contributed by atoms with van der Waals surface area (Å²) in [5, 5.41) is 0. The van der Waals surface area contributed by atoms with Gasteiger partial charge in [-0.25, -0.2) is 0 Å². The van der Waals surface area contributed by atoms with Gasteiger partial charge in [0.1, 0.15) is 0 Å². The van der Waals surface area contributed by atoms with Crippen LogP contribution in [0.25, 0.3) is 0 Å². The van der Waals surface area contributed by atoms with Crippen LogP contribution >= 0.6 is 0 Å². The van der Waals surface area contributed by atoms with E-state index in [9.17, 15) is 4.79 Å². The molecule has 0 unspecified atom stereocenters. The van der Waals surface area contributed by atoms with E-state index in [0.717, 1.165) is 25.8 Å². The van der Waals surface area contributed by atoms with Crippen LogP contribution in [-0.2, 0) is 4.79 Å². The maximum absolute atomic E-state index is 11.1. The second-order valence-corrected chi connectivity index (χ2v) is 3.41. The van der Waals surface area contributed by atoms with Crippen LogP contribution in [0.3, 0.4) is 0 Å². The molecule has 0 aromatic carbocycles. The van der Waals surface area contributed by atoms with Gasteiger partial charge in [-0.15, -0.1) is 11.8 Å². The Bertz CT molecular complexity index is 220. The molecule has 80 valence electrons. The summed E-state index contributed by atoms with van der Waals surface area (Å²) in [6.07, 6.45) is 3.21. The van der Waals surface area contributed by atoms with Crippen molar-refractivity contribution in [2.45, 2.75) is 40.0 Å². The number of hydrogen-bond donors (Lipinski definition) is 0. The van der Waals surface area contributed by atoms with Gasteiger partial charge in [0.2, 0.25) is 5.91 Å². The molecule has 1 rings (SSSR count). The molecule has 0 aromatic rings. The van der Waals surface area contributed by atoms with Crippen LogP contribution in [0.1, 0.15) is 40.0 Å². The zero-order valence-electron chi connectivity index (χ0n) is 9.76. The molecule has 2 nitrogen and oxygen atoms in total. The van der Waals surface area contributed by atoms with Gasteiger partial charge >= 0.3 is 0 Å². The zero-order chi connectivity index (χ0) is 11.0. The summed E-state index contributed by atoms with van der Waals surface area (Å²) in [6.45, 7) is 6.73. The lowest BCUT2D eigenvalue weighted by Gasteiger charge is -2.12. The van der Waals surface area contributed by atoms with Crippen LogP contribution < -0.4 is 0 Å². The van der Waals surface area contributed by atoms with Crippen molar-refractivity contribution in [1.82, 2.24) is 4.90 Å². The van der Waals surface area contributed by atoms with Gasteiger partial charge in [0.05, 0.1) is 0 Å². The second kappa shape index (κ2) is 7.44. The molecule has 0 aliphatic heterocycles. The average molecular weight is 195 g/mol. The molecule has 0 heterocycles. The highest BCUT2D eigenvalue weighted by Gasteiger charge is 2.31. The quantitative estimate of drug-likeness (QED) is 0.619. The van der Waals surface area contributed by atoms with Crippen molar-refractivity contribution in [3.8, 4) is 11.8 Å². The van der Waals surface area contributed by atoms with Crippen LogP contribution in [0.5, 0.6) is 0 Å². The molecule has 0 saturated heterocycles. The van der Waals surface area contributed by atoms with Crippen molar-refractivity contribution in [2.24, 2.45) is 5.92 Å². The van der Waals surface area contributed by atoms with E-state index < -0.39 is 0 Å². The molecular formula is C12H21NO. The normalized spacial score (nSPS) is 13.1. The van der Waals surface area contributed by atoms with E-state index in [1.54, 1.807) is 4.90 Å². The summed E-state index contributed by atoms with van der Waals surface area (Å²) in [7, 11) is 1.86. The fourth-order valence-corrected chi connectivity index (χ4v) is 0.975. The van der Waals surface area contributed by atoms with Crippen LogP contribution in [0.2, 0.25) is 0 Å². The van der Waals surface area contributed by atoms with Crippen molar-refractivity contribution in [2.75, 3.05) is 13.6 Å². The van der Waals surface area contributed by atoms with E-state index in [2.05, 4.69) is 11.8 Å². The largest absolute Gasteiger partial charge is 0.346 e. The Hall–Kier alpha value is -0.970. The minimum atomic E-state index is 0.331. The Morgan fingerprint density at radius 1 is 1.43 bits per heavy atom. The molecule has 0 atom stereocenters. The van der Waals surface area contributed by atoms with Gasteiger partial charge in [0.15, 0.2) is 0 Å². The van der Waals surface area contributed by atoms with Gasteiger partial charge in [-0.05, 0) is 26.7 Å². The maximum Gasteiger partial charge on any atom is 0.225 e. The fraction of sp³-hybridized carbons (Fsp3) is 0.750. The number of amides is 1. The lowest BCUT2D eigenvalue weighted by molar-refractivity contribution is -0.131. The Kier molecular flexibility index (Phi) is 6.92. The topological polar surface area (TPSA) is 20.3 Å². The van der Waals surface area contributed by atoms with Crippen molar-refractivity contribution in [3.05, 3.63) is 0 Å². The Balaban J connectivity index is 0.000000292. The number of rotatable bonds is 2. The third kappa shape index (κ3) is 5.64. The van der Waals surface area contributed by atoms with Crippen molar-refractivity contribution < 1.29 is 4.79 Å². The summed E-state index contributed by atoms with van der Waals surface area (Å²) < 4.78 is 0. The molecular weight excluding hydrogens is 174 g/mol. The van der Waals surface area contributed by atoms with Gasteiger partial charge < -0.3 is 4.90 Å². The molecule has 1 saturated carbocycles. The first kappa shape index (κ1) is 13.0. The SMILES string of the molecule is CC#CCC.CCN(C)C(=O)C1CC1. The zero-order valence-corrected chi connectivity index (χ0v) is 9.76. The van der Waals surface area contributed by atoms with Crippen LogP contribution in [0, 0.1) is 17.8 Å². The third-order valence-electron chi connectivity index (χ3n) is 2.13. The minimum absolute atomic E-state index is 0.331. The lowest BCUT2D eigenvalue weighted by atomic mass is 10.4. The smallest absolute Gasteiger partial charge is 0.225 e. The fourth-order valence-electron chi connectivity index (χ4n) is 0.975. The summed E-state index contributed by atoms with van der Waals surface area (Å²) in [4.78, 5) is 12.9. The van der Waals surface area contributed by atoms with Gasteiger partial charge in [0, 0.05) is 25.9 Å². The predicted octanol–water partition coefficient (Wildman–Crippen LogP) is 2.29. The van der Waals surface area contributed by atoms with Crippen LogP contribution in [0.15, 0.2) is 0 Å². The molecule has 14 heavy (non-hydrogen) atoms. The minimum Gasteiger partial charge on any atom is -0.346 e. The predicted molar refractivity (Wildman–Crippen MR) is 59.8 cm³/mol. The number of nitrogens with zero attached hydrogens (tertiary/aromatic N) is 1. The highest BCUT2D eigenvalue weighted by atomic mass is 16.2. The van der Waals surface area contributed by atoms with E-state index in [1.165, 1.54) is 0 Å². The number of hydrogen-bond acceptors (Lipinski definition) is 1. The summed E-state index contributed by atoms with van der Waals surface area (Å²) in [6, 6.07) is 0. The van der Waals surface area contributed by atoms with E-state index in [0.29, 0.717) is 11.8 Å². The van der Waals surface area contributed by atoms with E-state index in [4.69, 9.17) is 0 Å². The van der Waals surface area contributed by atoms with Gasteiger partial charge in [-0.3, -0.25) is 4.79 Å². The highest BCUT2D eigenvalue weighted by molar-refractivity contribution is 5.80. The van der Waals surface area contributed by atoms with Crippen LogP contribution in [0.4, 0.5) is 0 Å². The first-order valence-corrected chi connectivity index (χ1v) is 5.31. The Morgan fingerprint density at radius 3 is 2.21 bits per heavy atom. The monoisotopic (exact) mass is 195 g/mol. The Morgan fingerprint density at radius 2 is 2.00 bits per heavy atom. The molecule has 0 N–H and O–H groups in total. The third-order valence-corrected chi connectivity index (χ3v) is 2.13. The van der Waals surface area contributed by atoms with Gasteiger partial charge in [-0.2, -0.15) is 0 Å². The second-order valence-electron chi connectivity index (χ2n) is 3.41. The molecule has 0 bridgehead atoms. The lowest BCUT2D eigenvalue weighted by Crippen LogP contribution is -2.27. The first-order valence-electron chi connectivity index (χ1n) is 5.31. The van der Waals surface area contributed by atoms with Crippen molar-refractivity contribution in [3.63, 3.8) is 0 Å². The molecule has 2 heteroatoms. The summed E-state index contributed by atoms with van der Waals surface area (Å²) >= 11 is 0. The molecule has 1 aliphatic rings.